The lowest BCUT2D eigenvalue weighted by Gasteiger charge is -2.33. The van der Waals surface area contributed by atoms with Gasteiger partial charge in [0.1, 0.15) is 0 Å². The molecule has 1 fully saturated rings. The van der Waals surface area contributed by atoms with Gasteiger partial charge in [-0.25, -0.2) is 13.2 Å². The van der Waals surface area contributed by atoms with Crippen LogP contribution in [-0.2, 0) is 9.05 Å². The van der Waals surface area contributed by atoms with Crippen molar-refractivity contribution in [2.75, 3.05) is 11.9 Å². The van der Waals surface area contributed by atoms with Gasteiger partial charge >= 0.3 is 5.97 Å². The van der Waals surface area contributed by atoms with Crippen molar-refractivity contribution in [2.45, 2.75) is 43.1 Å². The summed E-state index contributed by atoms with van der Waals surface area (Å²) in [5.41, 5.74) is -1.23. The molecule has 2 N–H and O–H groups in total. The number of rotatable bonds is 7. The Morgan fingerprint density at radius 2 is 1.91 bits per heavy atom. The first-order valence-electron chi connectivity index (χ1n) is 9.97. The number of nitro benzene ring substituents is 1. The van der Waals surface area contributed by atoms with E-state index in [2.05, 4.69) is 5.32 Å². The molecule has 32 heavy (non-hydrogen) atoms. The quantitative estimate of drug-likeness (QED) is 0.198. The van der Waals surface area contributed by atoms with Gasteiger partial charge in [0.2, 0.25) is 0 Å². The van der Waals surface area contributed by atoms with E-state index in [1.165, 1.54) is 12.1 Å². The predicted molar refractivity (Wildman–Crippen MR) is 119 cm³/mol. The average molecular weight is 483 g/mol. The van der Waals surface area contributed by atoms with Gasteiger partial charge in [0.15, 0.2) is 11.4 Å². The molecule has 172 valence electrons. The fourth-order valence-corrected chi connectivity index (χ4v) is 4.37. The predicted octanol–water partition coefficient (Wildman–Crippen LogP) is 4.09. The molecule has 0 spiro atoms. The van der Waals surface area contributed by atoms with Crippen LogP contribution in [0.25, 0.3) is 0 Å². The number of nitro groups is 1. The first kappa shape index (κ1) is 24.0. The highest BCUT2D eigenvalue weighted by Gasteiger charge is 2.30. The molecule has 1 aliphatic carbocycles. The number of benzene rings is 2. The van der Waals surface area contributed by atoms with Crippen molar-refractivity contribution >= 4 is 37.1 Å². The van der Waals surface area contributed by atoms with E-state index in [0.717, 1.165) is 12.1 Å². The van der Waals surface area contributed by atoms with E-state index in [1.54, 1.807) is 25.1 Å². The fourth-order valence-electron chi connectivity index (χ4n) is 3.60. The number of hydrogen-bond donors (Lipinski definition) is 2. The second kappa shape index (κ2) is 9.43. The maximum atomic E-state index is 12.6. The zero-order chi connectivity index (χ0) is 23.5. The van der Waals surface area contributed by atoms with Crippen molar-refractivity contribution < 1.29 is 28.0 Å². The van der Waals surface area contributed by atoms with Crippen molar-refractivity contribution in [2.24, 2.45) is 5.92 Å². The molecule has 11 heteroatoms. The number of ether oxygens (including phenoxy) is 1. The summed E-state index contributed by atoms with van der Waals surface area (Å²) in [6.07, 6.45) is 2.61. The average Bonchev–Trinajstić information content (AvgIpc) is 2.73. The molecular weight excluding hydrogens is 460 g/mol. The third kappa shape index (κ3) is 5.96. The zero-order valence-corrected chi connectivity index (χ0v) is 18.9. The van der Waals surface area contributed by atoms with Crippen LogP contribution in [0.1, 0.15) is 43.0 Å². The molecule has 0 saturated heterocycles. The number of carbonyl (C=O) groups excluding carboxylic acids is 1. The summed E-state index contributed by atoms with van der Waals surface area (Å²) in [4.78, 5) is 22.9. The van der Waals surface area contributed by atoms with Gasteiger partial charge in [-0.1, -0.05) is 18.2 Å². The minimum atomic E-state index is -4.33. The summed E-state index contributed by atoms with van der Waals surface area (Å²) >= 11 is 0. The molecule has 0 aliphatic heterocycles. The van der Waals surface area contributed by atoms with Crippen LogP contribution in [0, 0.1) is 16.0 Å². The number of nitrogens with zero attached hydrogens (tertiary/aromatic N) is 1. The van der Waals surface area contributed by atoms with E-state index in [-0.39, 0.29) is 22.9 Å². The van der Waals surface area contributed by atoms with Gasteiger partial charge in [-0.15, -0.1) is 0 Å². The van der Waals surface area contributed by atoms with Crippen LogP contribution in [0.2, 0.25) is 0 Å². The smallest absolute Gasteiger partial charge is 0.343 e. The second-order valence-electron chi connectivity index (χ2n) is 8.09. The third-order valence-corrected chi connectivity index (χ3v) is 6.83. The third-order valence-electron chi connectivity index (χ3n) is 5.50. The molecule has 0 amide bonds. The number of nitrogens with one attached hydrogen (secondary N) is 1. The van der Waals surface area contributed by atoms with Gasteiger partial charge in [0, 0.05) is 29.4 Å². The molecule has 0 bridgehead atoms. The minimum absolute atomic E-state index is 0.110. The van der Waals surface area contributed by atoms with Crippen LogP contribution in [0.5, 0.6) is 5.75 Å². The Kier molecular flexibility index (Phi) is 7.06. The summed E-state index contributed by atoms with van der Waals surface area (Å²) in [6.45, 7) is 2.09. The van der Waals surface area contributed by atoms with Crippen molar-refractivity contribution in [3.8, 4) is 5.75 Å². The maximum absolute atomic E-state index is 12.6. The largest absolute Gasteiger partial charge is 0.420 e. The molecule has 3 rings (SSSR count). The van der Waals surface area contributed by atoms with E-state index in [4.69, 9.17) is 15.4 Å². The standard InChI is InChI=1S/C21H23ClN2O7S/c1-21(26)9-7-14(8-10-21)13-23-19-17(24(27)28)11-16(32(22,29)30)12-18(19)31-20(25)15-5-3-2-4-6-15/h2-6,11-12,14,23,26H,7-10,13H2,1H3. The maximum Gasteiger partial charge on any atom is 0.343 e. The van der Waals surface area contributed by atoms with Crippen LogP contribution in [-0.4, -0.2) is 36.6 Å². The molecule has 0 unspecified atom stereocenters. The Balaban J connectivity index is 1.95. The highest BCUT2D eigenvalue weighted by Crippen LogP contribution is 2.40. The fraction of sp³-hybridized carbons (Fsp3) is 0.381. The lowest BCUT2D eigenvalue weighted by Crippen LogP contribution is -2.32. The number of aliphatic hydroxyl groups is 1. The van der Waals surface area contributed by atoms with Crippen LogP contribution in [0.4, 0.5) is 11.4 Å². The number of esters is 1. The van der Waals surface area contributed by atoms with Crippen molar-refractivity contribution in [3.63, 3.8) is 0 Å². The summed E-state index contributed by atoms with van der Waals surface area (Å²) < 4.78 is 29.1. The highest BCUT2D eigenvalue weighted by molar-refractivity contribution is 8.13. The van der Waals surface area contributed by atoms with E-state index < -0.39 is 36.1 Å². The Morgan fingerprint density at radius 1 is 1.28 bits per heavy atom. The number of carbonyl (C=O) groups is 1. The Labute approximate surface area is 189 Å². The summed E-state index contributed by atoms with van der Waals surface area (Å²) in [5.74, 6) is -0.986. The molecule has 0 heterocycles. The molecule has 2 aromatic carbocycles. The molecule has 1 aliphatic rings. The monoisotopic (exact) mass is 482 g/mol. The molecule has 0 aromatic heterocycles. The summed E-state index contributed by atoms with van der Waals surface area (Å²) in [5, 5.41) is 24.8. The first-order chi connectivity index (χ1) is 15.0. The van der Waals surface area contributed by atoms with Crippen molar-refractivity contribution in [1.82, 2.24) is 0 Å². The van der Waals surface area contributed by atoms with Crippen molar-refractivity contribution in [1.29, 1.82) is 0 Å². The Morgan fingerprint density at radius 3 is 2.47 bits per heavy atom. The molecule has 0 atom stereocenters. The minimum Gasteiger partial charge on any atom is -0.420 e. The topological polar surface area (TPSA) is 136 Å². The normalized spacial score (nSPS) is 21.0. The molecular formula is C21H23ClN2O7S. The van der Waals surface area contributed by atoms with Gasteiger partial charge < -0.3 is 15.2 Å². The lowest BCUT2D eigenvalue weighted by molar-refractivity contribution is -0.384. The van der Waals surface area contributed by atoms with Gasteiger partial charge in [-0.2, -0.15) is 0 Å². The van der Waals surface area contributed by atoms with Gasteiger partial charge in [-0.05, 0) is 50.7 Å². The highest BCUT2D eigenvalue weighted by atomic mass is 35.7. The van der Waals surface area contributed by atoms with Gasteiger partial charge in [0.05, 0.1) is 21.0 Å². The van der Waals surface area contributed by atoms with E-state index in [9.17, 15) is 28.4 Å². The van der Waals surface area contributed by atoms with Crippen molar-refractivity contribution in [3.05, 3.63) is 58.1 Å². The summed E-state index contributed by atoms with van der Waals surface area (Å²) in [7, 11) is 1.08. The zero-order valence-electron chi connectivity index (χ0n) is 17.3. The van der Waals surface area contributed by atoms with Gasteiger partial charge in [-0.3, -0.25) is 10.1 Å². The Hall–Kier alpha value is -2.69. The molecule has 0 radical (unpaired) electrons. The van der Waals surface area contributed by atoms with E-state index in [1.807, 2.05) is 0 Å². The first-order valence-corrected chi connectivity index (χ1v) is 12.3. The number of hydrogen-bond acceptors (Lipinski definition) is 8. The van der Waals surface area contributed by atoms with E-state index in [0.29, 0.717) is 32.2 Å². The Bertz CT molecular complexity index is 1110. The van der Waals surface area contributed by atoms with Crippen LogP contribution < -0.4 is 10.1 Å². The summed E-state index contributed by atoms with van der Waals surface area (Å²) in [6, 6.07) is 9.77. The number of halogens is 1. The molecule has 1 saturated carbocycles. The van der Waals surface area contributed by atoms with Gasteiger partial charge in [0.25, 0.3) is 14.7 Å². The van der Waals surface area contributed by atoms with E-state index >= 15 is 0 Å². The molecule has 2 aromatic rings. The van der Waals surface area contributed by atoms with Crippen LogP contribution in [0.15, 0.2) is 47.4 Å². The number of anilines is 1. The SMILES string of the molecule is CC1(O)CCC(CNc2c(OC(=O)c3ccccc3)cc(S(=O)(=O)Cl)cc2[N+](=O)[O-])CC1. The molecule has 9 nitrogen and oxygen atoms in total. The second-order valence-corrected chi connectivity index (χ2v) is 10.7. The lowest BCUT2D eigenvalue weighted by atomic mass is 9.80. The van der Waals surface area contributed by atoms with Crippen LogP contribution in [0.3, 0.4) is 0 Å². The van der Waals surface area contributed by atoms with Crippen LogP contribution >= 0.6 is 10.7 Å².